The van der Waals surface area contributed by atoms with Crippen molar-refractivity contribution in [2.24, 2.45) is 0 Å². The van der Waals surface area contributed by atoms with Gasteiger partial charge in [0.05, 0.1) is 13.3 Å². The summed E-state index contributed by atoms with van der Waals surface area (Å²) in [5.41, 5.74) is 2.31. The van der Waals surface area contributed by atoms with Crippen molar-refractivity contribution >= 4 is 5.95 Å². The minimum Gasteiger partial charge on any atom is -0.497 e. The van der Waals surface area contributed by atoms with Crippen LogP contribution in [0, 0.1) is 0 Å². The van der Waals surface area contributed by atoms with Gasteiger partial charge in [0, 0.05) is 56.9 Å². The molecule has 29 heavy (non-hydrogen) atoms. The van der Waals surface area contributed by atoms with Crippen molar-refractivity contribution in [3.05, 3.63) is 55.1 Å². The predicted octanol–water partition coefficient (Wildman–Crippen LogP) is 2.95. The number of piperazine rings is 1. The van der Waals surface area contributed by atoms with E-state index >= 15 is 0 Å². The molecule has 7 heteroatoms. The van der Waals surface area contributed by atoms with Crippen LogP contribution in [-0.4, -0.2) is 64.5 Å². The molecule has 2 aromatic heterocycles. The summed E-state index contributed by atoms with van der Waals surface area (Å²) in [6.45, 7) is 6.22. The molecule has 0 amide bonds. The molecule has 3 heterocycles. The van der Waals surface area contributed by atoms with Crippen LogP contribution in [-0.2, 0) is 6.54 Å². The average Bonchev–Trinajstić information content (AvgIpc) is 3.27. The van der Waals surface area contributed by atoms with E-state index in [9.17, 15) is 0 Å². The van der Waals surface area contributed by atoms with E-state index in [4.69, 9.17) is 4.74 Å². The van der Waals surface area contributed by atoms with E-state index in [2.05, 4.69) is 43.2 Å². The van der Waals surface area contributed by atoms with E-state index in [1.807, 2.05) is 41.5 Å². The molecule has 4 rings (SSSR count). The molecule has 1 aromatic carbocycles. The van der Waals surface area contributed by atoms with Crippen LogP contribution in [0.2, 0.25) is 0 Å². The number of aryl methyl sites for hydroxylation is 1. The largest absolute Gasteiger partial charge is 0.497 e. The Labute approximate surface area is 172 Å². The minimum atomic E-state index is 0.846. The van der Waals surface area contributed by atoms with Gasteiger partial charge >= 0.3 is 0 Å². The van der Waals surface area contributed by atoms with Gasteiger partial charge < -0.3 is 9.64 Å². The molecule has 0 atom stereocenters. The molecule has 7 nitrogen and oxygen atoms in total. The summed E-state index contributed by atoms with van der Waals surface area (Å²) in [7, 11) is 1.69. The topological polar surface area (TPSA) is 59.3 Å². The van der Waals surface area contributed by atoms with Gasteiger partial charge in [-0.25, -0.2) is 9.97 Å². The number of methoxy groups -OCH3 is 1. The van der Waals surface area contributed by atoms with E-state index in [-0.39, 0.29) is 0 Å². The molecule has 1 saturated heterocycles. The number of aromatic nitrogens is 4. The molecule has 0 bridgehead atoms. The second-order valence-electron chi connectivity index (χ2n) is 7.31. The maximum Gasteiger partial charge on any atom is 0.225 e. The zero-order valence-corrected chi connectivity index (χ0v) is 16.9. The molecular formula is C22H28N6O. The monoisotopic (exact) mass is 392 g/mol. The van der Waals surface area contributed by atoms with Crippen LogP contribution in [0.5, 0.6) is 5.75 Å². The molecule has 152 valence electrons. The molecule has 0 unspecified atom stereocenters. The van der Waals surface area contributed by atoms with Crippen molar-refractivity contribution in [1.82, 2.24) is 24.6 Å². The molecule has 0 N–H and O–H groups in total. The van der Waals surface area contributed by atoms with E-state index in [1.54, 1.807) is 7.11 Å². The van der Waals surface area contributed by atoms with Gasteiger partial charge in [-0.05, 0) is 43.1 Å². The second-order valence-corrected chi connectivity index (χ2v) is 7.31. The molecule has 1 aliphatic rings. The molecule has 0 spiro atoms. The maximum atomic E-state index is 5.22. The van der Waals surface area contributed by atoms with E-state index in [0.717, 1.165) is 68.5 Å². The van der Waals surface area contributed by atoms with Gasteiger partial charge in [-0.3, -0.25) is 9.58 Å². The van der Waals surface area contributed by atoms with Crippen LogP contribution in [0.15, 0.2) is 55.1 Å². The Morgan fingerprint density at radius 1 is 0.897 bits per heavy atom. The highest BCUT2D eigenvalue weighted by Crippen LogP contribution is 2.21. The van der Waals surface area contributed by atoms with Crippen LogP contribution in [0.4, 0.5) is 5.95 Å². The van der Waals surface area contributed by atoms with E-state index in [1.165, 1.54) is 6.42 Å². The molecule has 1 aliphatic heterocycles. The Hall–Kier alpha value is -2.93. The number of hydrogen-bond donors (Lipinski definition) is 0. The second kappa shape index (κ2) is 9.52. The van der Waals surface area contributed by atoms with Crippen LogP contribution >= 0.6 is 0 Å². The number of benzene rings is 1. The Morgan fingerprint density at radius 3 is 2.34 bits per heavy atom. The molecule has 0 aliphatic carbocycles. The lowest BCUT2D eigenvalue weighted by atomic mass is 10.1. The number of anilines is 1. The predicted molar refractivity (Wildman–Crippen MR) is 114 cm³/mol. The number of ether oxygens (including phenoxy) is 1. The highest BCUT2D eigenvalue weighted by molar-refractivity contribution is 5.62. The van der Waals surface area contributed by atoms with Crippen LogP contribution in [0.25, 0.3) is 11.1 Å². The average molecular weight is 393 g/mol. The molecule has 0 radical (unpaired) electrons. The minimum absolute atomic E-state index is 0.846. The first-order valence-corrected chi connectivity index (χ1v) is 10.2. The molecular weight excluding hydrogens is 364 g/mol. The first-order chi connectivity index (χ1) is 14.3. The summed E-state index contributed by atoms with van der Waals surface area (Å²) < 4.78 is 7.27. The maximum absolute atomic E-state index is 5.22. The molecule has 1 fully saturated rings. The fourth-order valence-corrected chi connectivity index (χ4v) is 3.65. The van der Waals surface area contributed by atoms with Crippen molar-refractivity contribution < 1.29 is 4.74 Å². The normalized spacial score (nSPS) is 14.9. The third-order valence-corrected chi connectivity index (χ3v) is 5.38. The lowest BCUT2D eigenvalue weighted by Gasteiger charge is -2.34. The van der Waals surface area contributed by atoms with Crippen LogP contribution in [0.3, 0.4) is 0 Å². The Morgan fingerprint density at radius 2 is 1.62 bits per heavy atom. The van der Waals surface area contributed by atoms with Crippen molar-refractivity contribution in [3.63, 3.8) is 0 Å². The first kappa shape index (κ1) is 19.4. The fourth-order valence-electron chi connectivity index (χ4n) is 3.65. The number of unbranched alkanes of at least 4 members (excludes halogenated alkanes) is 1. The van der Waals surface area contributed by atoms with Crippen LogP contribution < -0.4 is 9.64 Å². The summed E-state index contributed by atoms with van der Waals surface area (Å²) in [6, 6.07) is 9.96. The van der Waals surface area contributed by atoms with E-state index in [0.29, 0.717) is 0 Å². The van der Waals surface area contributed by atoms with Gasteiger partial charge in [0.2, 0.25) is 5.95 Å². The Bertz CT molecular complexity index is 872. The highest BCUT2D eigenvalue weighted by Gasteiger charge is 2.18. The number of rotatable bonds is 8. The van der Waals surface area contributed by atoms with Gasteiger partial charge in [-0.15, -0.1) is 0 Å². The number of hydrogen-bond acceptors (Lipinski definition) is 6. The third-order valence-electron chi connectivity index (χ3n) is 5.38. The summed E-state index contributed by atoms with van der Waals surface area (Å²) in [5, 5.41) is 4.51. The molecule has 3 aromatic rings. The summed E-state index contributed by atoms with van der Waals surface area (Å²) >= 11 is 0. The zero-order chi connectivity index (χ0) is 19.9. The van der Waals surface area contributed by atoms with E-state index < -0.39 is 0 Å². The fraction of sp³-hybridized carbons (Fsp3) is 0.409. The van der Waals surface area contributed by atoms with Gasteiger partial charge in [-0.1, -0.05) is 12.1 Å². The zero-order valence-electron chi connectivity index (χ0n) is 16.9. The molecule has 0 saturated carbocycles. The summed E-state index contributed by atoms with van der Waals surface area (Å²) in [6.07, 6.45) is 9.99. The lowest BCUT2D eigenvalue weighted by Crippen LogP contribution is -2.47. The van der Waals surface area contributed by atoms with Crippen molar-refractivity contribution in [1.29, 1.82) is 0 Å². The smallest absolute Gasteiger partial charge is 0.225 e. The first-order valence-electron chi connectivity index (χ1n) is 10.2. The number of nitrogens with zero attached hydrogens (tertiary/aromatic N) is 6. The van der Waals surface area contributed by atoms with Crippen LogP contribution in [0.1, 0.15) is 12.8 Å². The van der Waals surface area contributed by atoms with Crippen molar-refractivity contribution in [2.75, 3.05) is 44.7 Å². The standard InChI is InChI=1S/C22H28N6O/c1-29-21-7-5-19(6-8-21)20-17-25-28(18-20)12-3-2-11-26-13-15-27(16-14-26)22-23-9-4-10-24-22/h4-10,17-18H,2-3,11-16H2,1H3. The van der Waals surface area contributed by atoms with Crippen molar-refractivity contribution in [2.45, 2.75) is 19.4 Å². The van der Waals surface area contributed by atoms with Gasteiger partial charge in [-0.2, -0.15) is 5.10 Å². The lowest BCUT2D eigenvalue weighted by molar-refractivity contribution is 0.249. The van der Waals surface area contributed by atoms with Gasteiger partial charge in [0.25, 0.3) is 0 Å². The quantitative estimate of drug-likeness (QED) is 0.550. The van der Waals surface area contributed by atoms with Gasteiger partial charge in [0.1, 0.15) is 5.75 Å². The Kier molecular flexibility index (Phi) is 6.36. The summed E-state index contributed by atoms with van der Waals surface area (Å²) in [4.78, 5) is 13.5. The van der Waals surface area contributed by atoms with Gasteiger partial charge in [0.15, 0.2) is 0 Å². The third kappa shape index (κ3) is 5.12. The van der Waals surface area contributed by atoms with Crippen molar-refractivity contribution in [3.8, 4) is 16.9 Å². The highest BCUT2D eigenvalue weighted by atomic mass is 16.5. The SMILES string of the molecule is COc1ccc(-c2cnn(CCCCN3CCN(c4ncccn4)CC3)c2)cc1. The Balaban J connectivity index is 1.17. The summed E-state index contributed by atoms with van der Waals surface area (Å²) in [5.74, 6) is 1.72.